The predicted octanol–water partition coefficient (Wildman–Crippen LogP) is 3.24. The summed E-state index contributed by atoms with van der Waals surface area (Å²) in [5.41, 5.74) is 5.50. The zero-order valence-electron chi connectivity index (χ0n) is 15.4. The van der Waals surface area contributed by atoms with Crippen LogP contribution in [0.2, 0.25) is 0 Å². The Kier molecular flexibility index (Phi) is 7.49. The Morgan fingerprint density at radius 2 is 1.54 bits per heavy atom. The molecule has 26 heavy (non-hydrogen) atoms. The minimum Gasteiger partial charge on any atom is -0.497 e. The van der Waals surface area contributed by atoms with Crippen LogP contribution in [0.15, 0.2) is 53.6 Å². The van der Waals surface area contributed by atoms with E-state index in [4.69, 9.17) is 9.47 Å². The molecule has 6 nitrogen and oxygen atoms in total. The van der Waals surface area contributed by atoms with Crippen molar-refractivity contribution < 1.29 is 14.3 Å². The van der Waals surface area contributed by atoms with Gasteiger partial charge in [0, 0.05) is 11.4 Å². The summed E-state index contributed by atoms with van der Waals surface area (Å²) >= 11 is 0. The van der Waals surface area contributed by atoms with E-state index in [0.29, 0.717) is 0 Å². The number of ether oxygens (including phenoxy) is 2. The summed E-state index contributed by atoms with van der Waals surface area (Å²) in [5, 5.41) is 7.18. The van der Waals surface area contributed by atoms with Gasteiger partial charge in [0.25, 0.3) is 5.91 Å². The van der Waals surface area contributed by atoms with Crippen LogP contribution in [0.4, 0.5) is 5.69 Å². The number of hydrogen-bond donors (Lipinski definition) is 2. The van der Waals surface area contributed by atoms with Crippen LogP contribution in [-0.2, 0) is 11.2 Å². The lowest BCUT2D eigenvalue weighted by atomic mass is 10.1. The summed E-state index contributed by atoms with van der Waals surface area (Å²) in [7, 11) is 3.27. The van der Waals surface area contributed by atoms with E-state index >= 15 is 0 Å². The number of benzene rings is 2. The molecule has 0 saturated carbocycles. The maximum Gasteiger partial charge on any atom is 0.259 e. The van der Waals surface area contributed by atoms with Crippen LogP contribution < -0.4 is 20.2 Å². The first-order valence-corrected chi connectivity index (χ1v) is 8.43. The molecular formula is C20H25N3O3. The molecule has 0 unspecified atom stereocenters. The summed E-state index contributed by atoms with van der Waals surface area (Å²) in [5.74, 6) is 1.43. The minimum atomic E-state index is -0.190. The number of amides is 1. The molecule has 0 aromatic heterocycles. The van der Waals surface area contributed by atoms with Crippen molar-refractivity contribution in [1.82, 2.24) is 5.43 Å². The average molecular weight is 355 g/mol. The highest BCUT2D eigenvalue weighted by Gasteiger charge is 2.02. The molecule has 1 amide bonds. The third kappa shape index (κ3) is 6.47. The number of nitrogens with zero attached hydrogens (tertiary/aromatic N) is 1. The fourth-order valence-electron chi connectivity index (χ4n) is 2.26. The van der Waals surface area contributed by atoms with Crippen molar-refractivity contribution in [3.8, 4) is 11.5 Å². The topological polar surface area (TPSA) is 72.0 Å². The molecule has 138 valence electrons. The number of carbonyl (C=O) groups excluding carboxylic acids is 1. The van der Waals surface area contributed by atoms with Crippen LogP contribution in [0, 0.1) is 0 Å². The molecular weight excluding hydrogens is 330 g/mol. The molecule has 0 saturated heterocycles. The van der Waals surface area contributed by atoms with E-state index in [0.717, 1.165) is 35.7 Å². The summed E-state index contributed by atoms with van der Waals surface area (Å²) in [6, 6.07) is 15.3. The lowest BCUT2D eigenvalue weighted by Gasteiger charge is -2.07. The van der Waals surface area contributed by atoms with Gasteiger partial charge in [-0.25, -0.2) is 5.43 Å². The van der Waals surface area contributed by atoms with Crippen LogP contribution >= 0.6 is 0 Å². The Morgan fingerprint density at radius 1 is 0.962 bits per heavy atom. The SMILES string of the molecule is COc1ccc(CC/C(C)=N\NC(=O)CNc2ccc(OC)cc2)cc1. The molecule has 0 aliphatic carbocycles. The number of aryl methyl sites for hydroxylation is 1. The number of rotatable bonds is 9. The number of hydrazone groups is 1. The lowest BCUT2D eigenvalue weighted by Crippen LogP contribution is -2.26. The molecule has 0 fully saturated rings. The van der Waals surface area contributed by atoms with E-state index in [9.17, 15) is 4.79 Å². The van der Waals surface area contributed by atoms with Crippen LogP contribution in [-0.4, -0.2) is 32.4 Å². The molecule has 2 N–H and O–H groups in total. The zero-order chi connectivity index (χ0) is 18.8. The van der Waals surface area contributed by atoms with Crippen molar-refractivity contribution >= 4 is 17.3 Å². The van der Waals surface area contributed by atoms with Crippen molar-refractivity contribution in [3.05, 3.63) is 54.1 Å². The standard InChI is InChI=1S/C20H25N3O3/c1-15(4-5-16-6-10-18(25-2)11-7-16)22-23-20(24)14-21-17-8-12-19(26-3)13-9-17/h6-13,21H,4-5,14H2,1-3H3,(H,23,24)/b22-15-. The van der Waals surface area contributed by atoms with Crippen molar-refractivity contribution in [2.45, 2.75) is 19.8 Å². The largest absolute Gasteiger partial charge is 0.497 e. The summed E-state index contributed by atoms with van der Waals surface area (Å²) < 4.78 is 10.2. The lowest BCUT2D eigenvalue weighted by molar-refractivity contribution is -0.119. The van der Waals surface area contributed by atoms with Crippen molar-refractivity contribution in [2.75, 3.05) is 26.1 Å². The van der Waals surface area contributed by atoms with Gasteiger partial charge >= 0.3 is 0 Å². The molecule has 0 spiro atoms. The van der Waals surface area contributed by atoms with Gasteiger partial charge in [-0.1, -0.05) is 12.1 Å². The third-order valence-corrected chi connectivity index (χ3v) is 3.85. The van der Waals surface area contributed by atoms with Crippen molar-refractivity contribution in [3.63, 3.8) is 0 Å². The number of methoxy groups -OCH3 is 2. The van der Waals surface area contributed by atoms with Crippen LogP contribution in [0.25, 0.3) is 0 Å². The van der Waals surface area contributed by atoms with E-state index in [2.05, 4.69) is 15.8 Å². The van der Waals surface area contributed by atoms with Gasteiger partial charge in [0.2, 0.25) is 0 Å². The van der Waals surface area contributed by atoms with Gasteiger partial charge in [0.1, 0.15) is 11.5 Å². The Bertz CT molecular complexity index is 725. The Balaban J connectivity index is 1.71. The first kappa shape index (κ1) is 19.3. The molecule has 0 heterocycles. The van der Waals surface area contributed by atoms with Gasteiger partial charge < -0.3 is 14.8 Å². The molecule has 2 aromatic carbocycles. The number of anilines is 1. The number of nitrogens with one attached hydrogen (secondary N) is 2. The quantitative estimate of drug-likeness (QED) is 0.535. The monoisotopic (exact) mass is 355 g/mol. The smallest absolute Gasteiger partial charge is 0.259 e. The second-order valence-electron chi connectivity index (χ2n) is 5.81. The Labute approximate surface area is 154 Å². The van der Waals surface area contributed by atoms with Gasteiger partial charge in [-0.05, 0) is 61.7 Å². The van der Waals surface area contributed by atoms with E-state index in [1.807, 2.05) is 55.5 Å². The maximum atomic E-state index is 11.9. The first-order valence-electron chi connectivity index (χ1n) is 8.43. The second kappa shape index (κ2) is 10.1. The third-order valence-electron chi connectivity index (χ3n) is 3.85. The molecule has 0 aliphatic rings. The molecule has 0 radical (unpaired) electrons. The normalized spacial score (nSPS) is 11.0. The van der Waals surface area contributed by atoms with Crippen LogP contribution in [0.3, 0.4) is 0 Å². The van der Waals surface area contributed by atoms with Gasteiger partial charge in [0.05, 0.1) is 20.8 Å². The van der Waals surface area contributed by atoms with Gasteiger partial charge in [0.15, 0.2) is 0 Å². The van der Waals surface area contributed by atoms with Gasteiger partial charge in [-0.2, -0.15) is 5.10 Å². The number of carbonyl (C=O) groups is 1. The second-order valence-corrected chi connectivity index (χ2v) is 5.81. The summed E-state index contributed by atoms with van der Waals surface area (Å²) in [6.07, 6.45) is 1.64. The summed E-state index contributed by atoms with van der Waals surface area (Å²) in [4.78, 5) is 11.9. The fraction of sp³-hybridized carbons (Fsp3) is 0.300. The predicted molar refractivity (Wildman–Crippen MR) is 104 cm³/mol. The highest BCUT2D eigenvalue weighted by atomic mass is 16.5. The number of hydrogen-bond acceptors (Lipinski definition) is 5. The zero-order valence-corrected chi connectivity index (χ0v) is 15.4. The van der Waals surface area contributed by atoms with E-state index in [1.54, 1.807) is 14.2 Å². The fourth-order valence-corrected chi connectivity index (χ4v) is 2.26. The molecule has 0 aliphatic heterocycles. The summed E-state index contributed by atoms with van der Waals surface area (Å²) in [6.45, 7) is 2.06. The van der Waals surface area contributed by atoms with Crippen LogP contribution in [0.1, 0.15) is 18.9 Å². The highest BCUT2D eigenvalue weighted by Crippen LogP contribution is 2.14. The first-order chi connectivity index (χ1) is 12.6. The van der Waals surface area contributed by atoms with Gasteiger partial charge in [-0.3, -0.25) is 4.79 Å². The molecule has 2 rings (SSSR count). The molecule has 0 atom stereocenters. The van der Waals surface area contributed by atoms with Crippen molar-refractivity contribution in [2.24, 2.45) is 5.10 Å². The molecule has 6 heteroatoms. The van der Waals surface area contributed by atoms with Crippen LogP contribution in [0.5, 0.6) is 11.5 Å². The van der Waals surface area contributed by atoms with E-state index in [1.165, 1.54) is 5.56 Å². The molecule has 0 bridgehead atoms. The van der Waals surface area contributed by atoms with E-state index < -0.39 is 0 Å². The highest BCUT2D eigenvalue weighted by molar-refractivity contribution is 5.85. The Morgan fingerprint density at radius 3 is 2.12 bits per heavy atom. The van der Waals surface area contributed by atoms with Gasteiger partial charge in [-0.15, -0.1) is 0 Å². The minimum absolute atomic E-state index is 0.154. The molecule has 2 aromatic rings. The van der Waals surface area contributed by atoms with E-state index in [-0.39, 0.29) is 12.5 Å². The Hall–Kier alpha value is -3.02. The van der Waals surface area contributed by atoms with Crippen molar-refractivity contribution in [1.29, 1.82) is 0 Å². The average Bonchev–Trinajstić information content (AvgIpc) is 2.69. The maximum absolute atomic E-state index is 11.9.